The van der Waals surface area contributed by atoms with Gasteiger partial charge in [0.1, 0.15) is 5.75 Å². The molecule has 1 aliphatic carbocycles. The number of hydrogen-bond donors (Lipinski definition) is 2. The van der Waals surface area contributed by atoms with Gasteiger partial charge in [0.25, 0.3) is 0 Å². The van der Waals surface area contributed by atoms with E-state index in [9.17, 15) is 9.59 Å². The molecule has 1 aliphatic rings. The highest BCUT2D eigenvalue weighted by Crippen LogP contribution is 2.40. The van der Waals surface area contributed by atoms with E-state index >= 15 is 0 Å². The Morgan fingerprint density at radius 1 is 1.35 bits per heavy atom. The summed E-state index contributed by atoms with van der Waals surface area (Å²) in [6.45, 7) is 0.307. The molecule has 0 saturated carbocycles. The number of ether oxygens (including phenoxy) is 2. The van der Waals surface area contributed by atoms with Gasteiger partial charge in [-0.3, -0.25) is 4.79 Å². The van der Waals surface area contributed by atoms with E-state index in [4.69, 9.17) is 15.6 Å². The minimum absolute atomic E-state index is 0.0331. The zero-order valence-electron chi connectivity index (χ0n) is 11.2. The van der Waals surface area contributed by atoms with Gasteiger partial charge in [-0.05, 0) is 42.6 Å². The Morgan fingerprint density at radius 2 is 2.05 bits per heavy atom. The van der Waals surface area contributed by atoms with Gasteiger partial charge in [0.05, 0.1) is 13.5 Å². The van der Waals surface area contributed by atoms with Gasteiger partial charge >= 0.3 is 12.1 Å². The van der Waals surface area contributed by atoms with Crippen molar-refractivity contribution in [2.45, 2.75) is 19.3 Å². The van der Waals surface area contributed by atoms with Crippen LogP contribution in [0.1, 0.15) is 17.5 Å². The largest absolute Gasteiger partial charge is 0.513 e. The molecular weight excluding hydrogens is 262 g/mol. The lowest BCUT2D eigenvalue weighted by Gasteiger charge is -2.24. The van der Waals surface area contributed by atoms with Crippen LogP contribution in [0.2, 0.25) is 0 Å². The summed E-state index contributed by atoms with van der Waals surface area (Å²) in [6, 6.07) is 5.25. The third kappa shape index (κ3) is 2.91. The molecule has 0 bridgehead atoms. The van der Waals surface area contributed by atoms with E-state index in [1.165, 1.54) is 7.11 Å². The molecule has 6 nitrogen and oxygen atoms in total. The molecule has 1 atom stereocenters. The van der Waals surface area contributed by atoms with Gasteiger partial charge in [-0.2, -0.15) is 0 Å². The van der Waals surface area contributed by atoms with Gasteiger partial charge < -0.3 is 20.3 Å². The van der Waals surface area contributed by atoms with Gasteiger partial charge in [-0.1, -0.05) is 6.07 Å². The lowest BCUT2D eigenvalue weighted by molar-refractivity contribution is -0.139. The van der Waals surface area contributed by atoms with E-state index in [0.717, 1.165) is 11.1 Å². The number of benzene rings is 1. The minimum atomic E-state index is -0.853. The summed E-state index contributed by atoms with van der Waals surface area (Å²) in [6.07, 6.45) is 0.456. The fourth-order valence-corrected chi connectivity index (χ4v) is 2.67. The smallest absolute Gasteiger partial charge is 0.481 e. The predicted octanol–water partition coefficient (Wildman–Crippen LogP) is 1.35. The third-order valence-electron chi connectivity index (χ3n) is 3.64. The first-order chi connectivity index (χ1) is 9.48. The summed E-state index contributed by atoms with van der Waals surface area (Å²) < 4.78 is 9.39. The van der Waals surface area contributed by atoms with Gasteiger partial charge in [0.15, 0.2) is 0 Å². The molecule has 1 unspecified atom stereocenters. The number of hydrogen-bond acceptors (Lipinski definition) is 5. The Bertz CT molecular complexity index is 542. The minimum Gasteiger partial charge on any atom is -0.481 e. The van der Waals surface area contributed by atoms with Crippen LogP contribution in [0.15, 0.2) is 18.2 Å². The normalized spacial score (nSPS) is 20.3. The summed E-state index contributed by atoms with van der Waals surface area (Å²) in [5, 5.41) is 9.01. The monoisotopic (exact) mass is 279 g/mol. The Balaban J connectivity index is 2.19. The molecule has 108 valence electrons. The van der Waals surface area contributed by atoms with Crippen LogP contribution < -0.4 is 10.5 Å². The summed E-state index contributed by atoms with van der Waals surface area (Å²) in [5.74, 6) is -0.465. The highest BCUT2D eigenvalue weighted by molar-refractivity contribution is 5.68. The number of rotatable bonds is 4. The standard InChI is InChI=1S/C14H17NO5/c1-19-13(18)20-11-3-2-9-5-14(8-15,7-12(16)17)6-10(9)4-11/h2-4H,5-8,15H2,1H3,(H,16,17). The first-order valence-corrected chi connectivity index (χ1v) is 6.27. The van der Waals surface area contributed by atoms with Crippen molar-refractivity contribution in [3.63, 3.8) is 0 Å². The molecule has 0 radical (unpaired) electrons. The van der Waals surface area contributed by atoms with Gasteiger partial charge in [-0.15, -0.1) is 0 Å². The van der Waals surface area contributed by atoms with Crippen molar-refractivity contribution >= 4 is 12.1 Å². The third-order valence-corrected chi connectivity index (χ3v) is 3.64. The molecule has 2 rings (SSSR count). The van der Waals surface area contributed by atoms with E-state index in [2.05, 4.69) is 4.74 Å². The molecular formula is C14H17NO5. The lowest BCUT2D eigenvalue weighted by atomic mass is 9.81. The SMILES string of the molecule is COC(=O)Oc1ccc2c(c1)CC(CN)(CC(=O)O)C2. The highest BCUT2D eigenvalue weighted by atomic mass is 16.7. The molecule has 1 aromatic carbocycles. The van der Waals surface area contributed by atoms with Crippen LogP contribution in [0.25, 0.3) is 0 Å². The number of methoxy groups -OCH3 is 1. The first kappa shape index (κ1) is 14.3. The maximum Gasteiger partial charge on any atom is 0.513 e. The van der Waals surface area contributed by atoms with E-state index < -0.39 is 17.5 Å². The Morgan fingerprint density at radius 3 is 2.65 bits per heavy atom. The second-order valence-corrected chi connectivity index (χ2v) is 5.11. The van der Waals surface area contributed by atoms with Crippen molar-refractivity contribution in [1.82, 2.24) is 0 Å². The number of aliphatic carboxylic acids is 1. The van der Waals surface area contributed by atoms with Crippen LogP contribution in [0.3, 0.4) is 0 Å². The highest BCUT2D eigenvalue weighted by Gasteiger charge is 2.38. The van der Waals surface area contributed by atoms with E-state index in [-0.39, 0.29) is 6.42 Å². The van der Waals surface area contributed by atoms with Crippen LogP contribution in [0.5, 0.6) is 5.75 Å². The van der Waals surface area contributed by atoms with Crippen LogP contribution in [-0.2, 0) is 22.4 Å². The van der Waals surface area contributed by atoms with Crippen molar-refractivity contribution in [2.24, 2.45) is 11.1 Å². The average molecular weight is 279 g/mol. The fraction of sp³-hybridized carbons (Fsp3) is 0.429. The number of fused-ring (bicyclic) bond motifs is 1. The van der Waals surface area contributed by atoms with Crippen molar-refractivity contribution in [3.05, 3.63) is 29.3 Å². The molecule has 0 amide bonds. The zero-order valence-corrected chi connectivity index (χ0v) is 11.2. The molecule has 3 N–H and O–H groups in total. The zero-order chi connectivity index (χ0) is 14.8. The maximum atomic E-state index is 11.1. The second-order valence-electron chi connectivity index (χ2n) is 5.11. The van der Waals surface area contributed by atoms with Crippen molar-refractivity contribution < 1.29 is 24.2 Å². The van der Waals surface area contributed by atoms with E-state index in [0.29, 0.717) is 25.1 Å². The Labute approximate surface area is 116 Å². The van der Waals surface area contributed by atoms with E-state index in [1.807, 2.05) is 6.07 Å². The molecule has 0 spiro atoms. The number of carboxylic acid groups (broad SMARTS) is 1. The second kappa shape index (κ2) is 5.50. The molecule has 0 aliphatic heterocycles. The molecule has 0 fully saturated rings. The molecule has 1 aromatic rings. The predicted molar refractivity (Wildman–Crippen MR) is 70.6 cm³/mol. The van der Waals surface area contributed by atoms with Crippen molar-refractivity contribution in [3.8, 4) is 5.75 Å². The number of nitrogens with two attached hydrogens (primary N) is 1. The number of carboxylic acids is 1. The first-order valence-electron chi connectivity index (χ1n) is 6.27. The molecule has 20 heavy (non-hydrogen) atoms. The topological polar surface area (TPSA) is 98.9 Å². The molecule has 0 heterocycles. The molecule has 0 saturated heterocycles. The van der Waals surface area contributed by atoms with Crippen molar-refractivity contribution in [2.75, 3.05) is 13.7 Å². The van der Waals surface area contributed by atoms with Crippen LogP contribution in [0.4, 0.5) is 4.79 Å². The summed E-state index contributed by atoms with van der Waals surface area (Å²) in [4.78, 5) is 22.0. The quantitative estimate of drug-likeness (QED) is 0.637. The van der Waals surface area contributed by atoms with Crippen LogP contribution in [-0.4, -0.2) is 30.9 Å². The van der Waals surface area contributed by atoms with Gasteiger partial charge in [0, 0.05) is 5.41 Å². The number of carbonyl (C=O) groups excluding carboxylic acids is 1. The molecule has 0 aromatic heterocycles. The van der Waals surface area contributed by atoms with Crippen molar-refractivity contribution in [1.29, 1.82) is 0 Å². The van der Waals surface area contributed by atoms with Crippen LogP contribution >= 0.6 is 0 Å². The van der Waals surface area contributed by atoms with Gasteiger partial charge in [-0.25, -0.2) is 4.79 Å². The summed E-state index contributed by atoms with van der Waals surface area (Å²) in [5.41, 5.74) is 7.34. The van der Waals surface area contributed by atoms with Gasteiger partial charge in [0.2, 0.25) is 0 Å². The fourth-order valence-electron chi connectivity index (χ4n) is 2.67. The Hall–Kier alpha value is -2.08. The maximum absolute atomic E-state index is 11.1. The average Bonchev–Trinajstić information content (AvgIpc) is 2.75. The lowest BCUT2D eigenvalue weighted by Crippen LogP contribution is -2.33. The van der Waals surface area contributed by atoms with Crippen LogP contribution in [0, 0.1) is 5.41 Å². The summed E-state index contributed by atoms with van der Waals surface area (Å²) >= 11 is 0. The van der Waals surface area contributed by atoms with E-state index in [1.54, 1.807) is 12.1 Å². The molecule has 6 heteroatoms. The summed E-state index contributed by atoms with van der Waals surface area (Å²) in [7, 11) is 1.24. The Kier molecular flexibility index (Phi) is 3.94. The number of carbonyl (C=O) groups is 2.